The van der Waals surface area contributed by atoms with Gasteiger partial charge in [0, 0.05) is 6.92 Å². The maximum atomic E-state index is 13.5. The highest BCUT2D eigenvalue weighted by atomic mass is 19.1. The largest absolute Gasteiger partial charge is 0.456 e. The number of furan rings is 1. The summed E-state index contributed by atoms with van der Waals surface area (Å²) in [6, 6.07) is 9.34. The Morgan fingerprint density at radius 3 is 2.72 bits per heavy atom. The van der Waals surface area contributed by atoms with E-state index in [4.69, 9.17) is 4.42 Å². The van der Waals surface area contributed by atoms with Crippen LogP contribution < -0.4 is 0 Å². The quantitative estimate of drug-likeness (QED) is 0.613. The summed E-state index contributed by atoms with van der Waals surface area (Å²) < 4.78 is 18.8. The van der Waals surface area contributed by atoms with Gasteiger partial charge < -0.3 is 4.42 Å². The van der Waals surface area contributed by atoms with Crippen molar-refractivity contribution in [3.05, 3.63) is 63.8 Å². The third-order valence-corrected chi connectivity index (χ3v) is 2.41. The molecule has 0 spiro atoms. The minimum absolute atomic E-state index is 0.0376. The molecule has 4 nitrogen and oxygen atoms in total. The second-order valence-corrected chi connectivity index (χ2v) is 3.72. The van der Waals surface area contributed by atoms with Crippen LogP contribution in [0.5, 0.6) is 0 Å². The molecule has 1 heterocycles. The predicted molar refractivity (Wildman–Crippen MR) is 64.7 cm³/mol. The molecule has 0 amide bonds. The smallest absolute Gasteiger partial charge is 0.246 e. The number of halogens is 1. The van der Waals surface area contributed by atoms with E-state index in [0.29, 0.717) is 17.1 Å². The molecule has 0 aliphatic rings. The highest BCUT2D eigenvalue weighted by Gasteiger charge is 2.10. The van der Waals surface area contributed by atoms with Crippen molar-refractivity contribution < 1.29 is 13.7 Å². The van der Waals surface area contributed by atoms with Crippen LogP contribution in [-0.4, -0.2) is 4.92 Å². The van der Waals surface area contributed by atoms with Gasteiger partial charge in [-0.15, -0.1) is 0 Å². The predicted octanol–water partition coefficient (Wildman–Crippen LogP) is 3.72. The summed E-state index contributed by atoms with van der Waals surface area (Å²) in [5, 5.41) is 10.5. The van der Waals surface area contributed by atoms with Crippen molar-refractivity contribution in [2.75, 3.05) is 0 Å². The van der Waals surface area contributed by atoms with E-state index in [9.17, 15) is 14.5 Å². The van der Waals surface area contributed by atoms with Gasteiger partial charge in [0.05, 0.1) is 16.6 Å². The molecule has 0 saturated heterocycles. The lowest BCUT2D eigenvalue weighted by Gasteiger charge is -1.97. The Hall–Kier alpha value is -2.43. The number of nitro groups is 1. The maximum absolute atomic E-state index is 13.5. The summed E-state index contributed by atoms with van der Waals surface area (Å²) in [4.78, 5) is 9.96. The zero-order valence-corrected chi connectivity index (χ0v) is 9.59. The van der Waals surface area contributed by atoms with Crippen molar-refractivity contribution >= 4 is 6.08 Å². The molecule has 92 valence electrons. The fourth-order valence-corrected chi connectivity index (χ4v) is 1.49. The van der Waals surface area contributed by atoms with E-state index in [1.807, 2.05) is 0 Å². The molecule has 0 fully saturated rings. The molecule has 0 aliphatic heterocycles. The Labute approximate surface area is 103 Å². The summed E-state index contributed by atoms with van der Waals surface area (Å²) in [6.07, 6.45) is 1.30. The van der Waals surface area contributed by atoms with Crippen LogP contribution in [0.25, 0.3) is 17.4 Å². The summed E-state index contributed by atoms with van der Waals surface area (Å²) in [6.45, 7) is 1.37. The Bertz CT molecular complexity index is 616. The average Bonchev–Trinajstić information content (AvgIpc) is 2.77. The highest BCUT2D eigenvalue weighted by Crippen LogP contribution is 2.25. The molecule has 5 heteroatoms. The monoisotopic (exact) mass is 247 g/mol. The van der Waals surface area contributed by atoms with Gasteiger partial charge in [0.2, 0.25) is 5.70 Å². The normalized spacial score (nSPS) is 11.6. The molecule has 0 radical (unpaired) electrons. The average molecular weight is 247 g/mol. The highest BCUT2D eigenvalue weighted by molar-refractivity contribution is 5.60. The first kappa shape index (κ1) is 12.0. The third kappa shape index (κ3) is 2.45. The number of benzene rings is 1. The maximum Gasteiger partial charge on any atom is 0.246 e. The van der Waals surface area contributed by atoms with Gasteiger partial charge >= 0.3 is 0 Å². The number of rotatable bonds is 3. The van der Waals surface area contributed by atoms with Crippen LogP contribution in [0.3, 0.4) is 0 Å². The van der Waals surface area contributed by atoms with Crippen LogP contribution in [-0.2, 0) is 0 Å². The molecule has 18 heavy (non-hydrogen) atoms. The van der Waals surface area contributed by atoms with Crippen molar-refractivity contribution in [3.63, 3.8) is 0 Å². The summed E-state index contributed by atoms with van der Waals surface area (Å²) in [5.41, 5.74) is 0.292. The molecular weight excluding hydrogens is 237 g/mol. The summed E-state index contributed by atoms with van der Waals surface area (Å²) in [5.74, 6) is 0.270. The zero-order chi connectivity index (χ0) is 13.1. The van der Waals surface area contributed by atoms with E-state index in [2.05, 4.69) is 0 Å². The molecule has 2 rings (SSSR count). The van der Waals surface area contributed by atoms with Gasteiger partial charge in [-0.25, -0.2) is 4.39 Å². The second kappa shape index (κ2) is 4.83. The fourth-order valence-electron chi connectivity index (χ4n) is 1.49. The van der Waals surface area contributed by atoms with E-state index >= 15 is 0 Å². The SMILES string of the molecule is CC(=Cc1ccc(-c2ccccc2F)o1)[N+](=O)[O-]. The van der Waals surface area contributed by atoms with Crippen molar-refractivity contribution in [1.82, 2.24) is 0 Å². The molecule has 0 aliphatic carbocycles. The molecule has 1 aromatic carbocycles. The lowest BCUT2D eigenvalue weighted by Crippen LogP contribution is -1.92. The molecule has 0 bridgehead atoms. The van der Waals surface area contributed by atoms with Gasteiger partial charge in [-0.2, -0.15) is 0 Å². The van der Waals surface area contributed by atoms with Crippen LogP contribution in [0.15, 0.2) is 46.5 Å². The van der Waals surface area contributed by atoms with E-state index in [-0.39, 0.29) is 5.70 Å². The first-order valence-corrected chi connectivity index (χ1v) is 5.25. The topological polar surface area (TPSA) is 56.3 Å². The zero-order valence-electron chi connectivity index (χ0n) is 9.59. The molecule has 0 atom stereocenters. The first-order valence-electron chi connectivity index (χ1n) is 5.25. The number of hydrogen-bond acceptors (Lipinski definition) is 3. The molecule has 0 unspecified atom stereocenters. The van der Waals surface area contributed by atoms with E-state index in [1.165, 1.54) is 19.1 Å². The summed E-state index contributed by atoms with van der Waals surface area (Å²) in [7, 11) is 0. The van der Waals surface area contributed by atoms with Crippen LogP contribution in [0.2, 0.25) is 0 Å². The Kier molecular flexibility index (Phi) is 3.23. The van der Waals surface area contributed by atoms with Crippen molar-refractivity contribution in [3.8, 4) is 11.3 Å². The van der Waals surface area contributed by atoms with Gasteiger partial charge in [0.15, 0.2) is 0 Å². The van der Waals surface area contributed by atoms with Crippen molar-refractivity contribution in [1.29, 1.82) is 0 Å². The lowest BCUT2D eigenvalue weighted by molar-refractivity contribution is -0.422. The third-order valence-electron chi connectivity index (χ3n) is 2.41. The van der Waals surface area contributed by atoms with E-state index in [0.717, 1.165) is 0 Å². The molecular formula is C13H10FNO3. The minimum Gasteiger partial charge on any atom is -0.456 e. The minimum atomic E-state index is -0.509. The van der Waals surface area contributed by atoms with E-state index in [1.54, 1.807) is 30.3 Å². The lowest BCUT2D eigenvalue weighted by atomic mass is 10.1. The van der Waals surface area contributed by atoms with Gasteiger partial charge in [-0.05, 0) is 24.3 Å². The molecule has 2 aromatic rings. The molecule has 0 saturated carbocycles. The fraction of sp³-hybridized carbons (Fsp3) is 0.0769. The van der Waals surface area contributed by atoms with Gasteiger partial charge in [-0.1, -0.05) is 12.1 Å². The molecule has 0 N–H and O–H groups in total. The van der Waals surface area contributed by atoms with Crippen LogP contribution in [0, 0.1) is 15.9 Å². The number of hydrogen-bond donors (Lipinski definition) is 0. The van der Waals surface area contributed by atoms with Crippen LogP contribution >= 0.6 is 0 Å². The standard InChI is InChI=1S/C13H10FNO3/c1-9(15(16)17)8-10-6-7-13(18-10)11-4-2-3-5-12(11)14/h2-8H,1H3. The first-order chi connectivity index (χ1) is 8.58. The van der Waals surface area contributed by atoms with Gasteiger partial charge in [0.1, 0.15) is 17.3 Å². The Morgan fingerprint density at radius 1 is 1.33 bits per heavy atom. The molecule has 1 aromatic heterocycles. The van der Waals surface area contributed by atoms with Gasteiger partial charge in [-0.3, -0.25) is 10.1 Å². The second-order valence-electron chi connectivity index (χ2n) is 3.72. The van der Waals surface area contributed by atoms with Crippen molar-refractivity contribution in [2.45, 2.75) is 6.92 Å². The van der Waals surface area contributed by atoms with Gasteiger partial charge in [0.25, 0.3) is 0 Å². The van der Waals surface area contributed by atoms with Crippen LogP contribution in [0.4, 0.5) is 4.39 Å². The van der Waals surface area contributed by atoms with Crippen LogP contribution in [0.1, 0.15) is 12.7 Å². The number of allylic oxidation sites excluding steroid dienone is 1. The Morgan fingerprint density at radius 2 is 2.06 bits per heavy atom. The van der Waals surface area contributed by atoms with Crippen molar-refractivity contribution in [2.24, 2.45) is 0 Å². The summed E-state index contributed by atoms with van der Waals surface area (Å²) >= 11 is 0. The number of nitrogens with zero attached hydrogens (tertiary/aromatic N) is 1. The van der Waals surface area contributed by atoms with E-state index < -0.39 is 10.7 Å². The Balaban J connectivity index is 2.35.